The van der Waals surface area contributed by atoms with E-state index in [2.05, 4.69) is 19.1 Å². The topological polar surface area (TPSA) is 35.5 Å². The fourth-order valence-electron chi connectivity index (χ4n) is 2.49. The molecule has 0 saturated heterocycles. The van der Waals surface area contributed by atoms with Crippen LogP contribution in [0.25, 0.3) is 0 Å². The van der Waals surface area contributed by atoms with Crippen molar-refractivity contribution in [1.29, 1.82) is 0 Å². The summed E-state index contributed by atoms with van der Waals surface area (Å²) in [4.78, 5) is 11.6. The van der Waals surface area contributed by atoms with Crippen LogP contribution in [0.15, 0.2) is 48.5 Å². The maximum Gasteiger partial charge on any atom is 0.338 e. The molecule has 0 aliphatic heterocycles. The van der Waals surface area contributed by atoms with Crippen molar-refractivity contribution in [2.45, 2.75) is 46.0 Å². The Balaban J connectivity index is 1.88. The number of rotatable bonds is 9. The van der Waals surface area contributed by atoms with Gasteiger partial charge in [-0.05, 0) is 61.7 Å². The summed E-state index contributed by atoms with van der Waals surface area (Å²) in [5.74, 6) is 1.20. The Morgan fingerprint density at radius 3 is 2.04 bits per heavy atom. The van der Waals surface area contributed by atoms with Crippen molar-refractivity contribution in [3.05, 3.63) is 59.7 Å². The molecule has 0 amide bonds. The molecule has 3 heteroatoms. The fraction of sp³-hybridized carbons (Fsp3) is 0.381. The Hall–Kier alpha value is -2.29. The molecule has 2 aromatic carbocycles. The molecule has 0 aliphatic carbocycles. The number of carbonyl (C=O) groups excluding carboxylic acids is 1. The van der Waals surface area contributed by atoms with E-state index < -0.39 is 0 Å². The smallest absolute Gasteiger partial charge is 0.338 e. The summed E-state index contributed by atoms with van der Waals surface area (Å²) in [6, 6.07) is 15.2. The Kier molecular flexibility index (Phi) is 7.34. The van der Waals surface area contributed by atoms with Crippen LogP contribution < -0.4 is 4.74 Å². The molecule has 0 heterocycles. The summed E-state index contributed by atoms with van der Waals surface area (Å²) >= 11 is 0. The number of esters is 1. The van der Waals surface area contributed by atoms with Gasteiger partial charge in [0.1, 0.15) is 11.5 Å². The molecule has 0 aliphatic rings. The van der Waals surface area contributed by atoms with Crippen LogP contribution in [0.3, 0.4) is 0 Å². The minimum Gasteiger partial charge on any atom is -0.462 e. The third-order valence-electron chi connectivity index (χ3n) is 3.84. The number of unbranched alkanes of at least 4 members (excludes halogenated alkanes) is 3. The average Bonchev–Trinajstić information content (AvgIpc) is 2.61. The average molecular weight is 326 g/mol. The van der Waals surface area contributed by atoms with Crippen LogP contribution in [-0.2, 0) is 11.2 Å². The minimum absolute atomic E-state index is 0.309. The van der Waals surface area contributed by atoms with E-state index in [1.54, 1.807) is 31.2 Å². The van der Waals surface area contributed by atoms with Gasteiger partial charge in [-0.15, -0.1) is 0 Å². The predicted molar refractivity (Wildman–Crippen MR) is 96.8 cm³/mol. The number of benzene rings is 2. The first kappa shape index (κ1) is 18.1. The molecule has 2 rings (SSSR count). The van der Waals surface area contributed by atoms with E-state index in [9.17, 15) is 4.79 Å². The standard InChI is InChI=1S/C21H26O3/c1-3-5-6-7-8-17-9-13-19(14-10-17)24-20-15-11-18(12-16-20)21(22)23-4-2/h9-16H,3-8H2,1-2H3. The van der Waals surface area contributed by atoms with Gasteiger partial charge in [-0.2, -0.15) is 0 Å². The second-order valence-corrected chi connectivity index (χ2v) is 5.80. The van der Waals surface area contributed by atoms with Gasteiger partial charge >= 0.3 is 5.97 Å². The van der Waals surface area contributed by atoms with Gasteiger partial charge < -0.3 is 9.47 Å². The maximum absolute atomic E-state index is 11.6. The molecule has 2 aromatic rings. The molecule has 24 heavy (non-hydrogen) atoms. The first-order chi connectivity index (χ1) is 11.7. The van der Waals surface area contributed by atoms with Crippen LogP contribution in [-0.4, -0.2) is 12.6 Å². The van der Waals surface area contributed by atoms with Gasteiger partial charge in [0.2, 0.25) is 0 Å². The molecule has 0 N–H and O–H groups in total. The number of hydrogen-bond acceptors (Lipinski definition) is 3. The SMILES string of the molecule is CCCCCCc1ccc(Oc2ccc(C(=O)OCC)cc2)cc1. The Bertz CT molecular complexity index is 615. The largest absolute Gasteiger partial charge is 0.462 e. The van der Waals surface area contributed by atoms with Crippen molar-refractivity contribution in [3.8, 4) is 11.5 Å². The van der Waals surface area contributed by atoms with Gasteiger partial charge in [0.25, 0.3) is 0 Å². The van der Waals surface area contributed by atoms with Crippen molar-refractivity contribution in [1.82, 2.24) is 0 Å². The summed E-state index contributed by atoms with van der Waals surface area (Å²) in [6.07, 6.45) is 6.23. The lowest BCUT2D eigenvalue weighted by Gasteiger charge is -2.08. The van der Waals surface area contributed by atoms with E-state index in [1.807, 2.05) is 12.1 Å². The molecule has 0 fully saturated rings. The number of hydrogen-bond donors (Lipinski definition) is 0. The van der Waals surface area contributed by atoms with Crippen molar-refractivity contribution >= 4 is 5.97 Å². The van der Waals surface area contributed by atoms with E-state index in [0.29, 0.717) is 17.9 Å². The number of aryl methyl sites for hydroxylation is 1. The van der Waals surface area contributed by atoms with E-state index in [4.69, 9.17) is 9.47 Å². The van der Waals surface area contributed by atoms with Crippen molar-refractivity contribution in [2.75, 3.05) is 6.61 Å². The molecule has 0 spiro atoms. The molecule has 0 aromatic heterocycles. The highest BCUT2D eigenvalue weighted by molar-refractivity contribution is 5.89. The van der Waals surface area contributed by atoms with E-state index in [1.165, 1.54) is 31.2 Å². The molecule has 3 nitrogen and oxygen atoms in total. The predicted octanol–water partition coefficient (Wildman–Crippen LogP) is 5.78. The molecule has 0 bridgehead atoms. The van der Waals surface area contributed by atoms with E-state index >= 15 is 0 Å². The van der Waals surface area contributed by atoms with Gasteiger partial charge in [-0.3, -0.25) is 0 Å². The van der Waals surface area contributed by atoms with Gasteiger partial charge in [-0.1, -0.05) is 38.3 Å². The molecular weight excluding hydrogens is 300 g/mol. The number of ether oxygens (including phenoxy) is 2. The highest BCUT2D eigenvalue weighted by Crippen LogP contribution is 2.23. The molecular formula is C21H26O3. The maximum atomic E-state index is 11.6. The van der Waals surface area contributed by atoms with Gasteiger partial charge in [-0.25, -0.2) is 4.79 Å². The lowest BCUT2D eigenvalue weighted by atomic mass is 10.1. The highest BCUT2D eigenvalue weighted by atomic mass is 16.5. The summed E-state index contributed by atoms with van der Waals surface area (Å²) in [5, 5.41) is 0. The monoisotopic (exact) mass is 326 g/mol. The molecule has 0 radical (unpaired) electrons. The summed E-state index contributed by atoms with van der Waals surface area (Å²) in [7, 11) is 0. The first-order valence-electron chi connectivity index (χ1n) is 8.77. The first-order valence-corrected chi connectivity index (χ1v) is 8.77. The third-order valence-corrected chi connectivity index (χ3v) is 3.84. The molecule has 0 saturated carbocycles. The van der Waals surface area contributed by atoms with Crippen molar-refractivity contribution < 1.29 is 14.3 Å². The van der Waals surface area contributed by atoms with Crippen LogP contribution in [0.5, 0.6) is 11.5 Å². The highest BCUT2D eigenvalue weighted by Gasteiger charge is 2.06. The molecule has 0 atom stereocenters. The lowest BCUT2D eigenvalue weighted by molar-refractivity contribution is 0.0526. The lowest BCUT2D eigenvalue weighted by Crippen LogP contribution is -2.03. The Labute approximate surface area is 144 Å². The quantitative estimate of drug-likeness (QED) is 0.433. The number of carbonyl (C=O) groups is 1. The second-order valence-electron chi connectivity index (χ2n) is 5.80. The summed E-state index contributed by atoms with van der Waals surface area (Å²) in [5.41, 5.74) is 1.88. The normalized spacial score (nSPS) is 10.4. The minimum atomic E-state index is -0.309. The van der Waals surface area contributed by atoms with Crippen LogP contribution in [0.4, 0.5) is 0 Å². The van der Waals surface area contributed by atoms with Gasteiger partial charge in [0.05, 0.1) is 12.2 Å². The van der Waals surface area contributed by atoms with E-state index in [-0.39, 0.29) is 5.97 Å². The second kappa shape index (κ2) is 9.76. The van der Waals surface area contributed by atoms with Crippen LogP contribution in [0.2, 0.25) is 0 Å². The van der Waals surface area contributed by atoms with Crippen LogP contribution in [0.1, 0.15) is 55.5 Å². The van der Waals surface area contributed by atoms with Gasteiger partial charge in [0.15, 0.2) is 0 Å². The summed E-state index contributed by atoms with van der Waals surface area (Å²) < 4.78 is 10.8. The zero-order valence-electron chi connectivity index (χ0n) is 14.6. The molecule has 128 valence electrons. The Morgan fingerprint density at radius 2 is 1.46 bits per heavy atom. The van der Waals surface area contributed by atoms with Crippen LogP contribution >= 0.6 is 0 Å². The Morgan fingerprint density at radius 1 is 0.833 bits per heavy atom. The van der Waals surface area contributed by atoms with Crippen molar-refractivity contribution in [3.63, 3.8) is 0 Å². The summed E-state index contributed by atoms with van der Waals surface area (Å²) in [6.45, 7) is 4.40. The zero-order chi connectivity index (χ0) is 17.2. The van der Waals surface area contributed by atoms with Crippen molar-refractivity contribution in [2.24, 2.45) is 0 Å². The van der Waals surface area contributed by atoms with E-state index in [0.717, 1.165) is 12.2 Å². The van der Waals surface area contributed by atoms with Crippen LogP contribution in [0, 0.1) is 0 Å². The zero-order valence-corrected chi connectivity index (χ0v) is 14.6. The third kappa shape index (κ3) is 5.73. The fourth-order valence-corrected chi connectivity index (χ4v) is 2.49. The molecule has 0 unspecified atom stereocenters. The van der Waals surface area contributed by atoms with Gasteiger partial charge in [0, 0.05) is 0 Å².